The molecule has 1 heterocycles. The third-order valence-corrected chi connectivity index (χ3v) is 3.31. The van der Waals surface area contributed by atoms with Crippen LogP contribution in [-0.2, 0) is 14.3 Å². The van der Waals surface area contributed by atoms with E-state index in [2.05, 4.69) is 26.0 Å². The van der Waals surface area contributed by atoms with Gasteiger partial charge < -0.3 is 14.8 Å². The van der Waals surface area contributed by atoms with E-state index in [1.165, 1.54) is 7.11 Å². The molecule has 1 aromatic carbocycles. The maximum absolute atomic E-state index is 11.9. The lowest BCUT2D eigenvalue weighted by molar-refractivity contribution is -0.140. The predicted molar refractivity (Wildman–Crippen MR) is 77.3 cm³/mol. The first-order chi connectivity index (χ1) is 9.60. The van der Waals surface area contributed by atoms with Crippen molar-refractivity contribution in [2.24, 2.45) is 0 Å². The average molecular weight is 340 g/mol. The van der Waals surface area contributed by atoms with Crippen molar-refractivity contribution < 1.29 is 19.1 Å². The van der Waals surface area contributed by atoms with Gasteiger partial charge in [0.05, 0.1) is 19.1 Å². The average Bonchev–Trinajstić information content (AvgIpc) is 2.46. The van der Waals surface area contributed by atoms with Crippen molar-refractivity contribution in [3.05, 3.63) is 33.8 Å². The molecule has 0 radical (unpaired) electrons. The fourth-order valence-electron chi connectivity index (χ4n) is 1.77. The van der Waals surface area contributed by atoms with Crippen molar-refractivity contribution in [1.29, 1.82) is 0 Å². The molecule has 1 N–H and O–H groups in total. The lowest BCUT2D eigenvalue weighted by Crippen LogP contribution is -2.30. The first kappa shape index (κ1) is 14.6. The van der Waals surface area contributed by atoms with Crippen molar-refractivity contribution in [1.82, 2.24) is 5.32 Å². The van der Waals surface area contributed by atoms with E-state index >= 15 is 0 Å². The third-order valence-electron chi connectivity index (χ3n) is 2.82. The second-order valence-corrected chi connectivity index (χ2v) is 5.14. The van der Waals surface area contributed by atoms with Crippen LogP contribution in [0.1, 0.15) is 12.0 Å². The molecule has 106 valence electrons. The predicted octanol–water partition coefficient (Wildman–Crippen LogP) is 1.90. The summed E-state index contributed by atoms with van der Waals surface area (Å²) in [4.78, 5) is 22.9. The van der Waals surface area contributed by atoms with Gasteiger partial charge in [-0.05, 0) is 24.3 Å². The van der Waals surface area contributed by atoms with Gasteiger partial charge in [0.15, 0.2) is 0 Å². The number of carbonyl (C=O) groups excluding carboxylic acids is 2. The highest BCUT2D eigenvalue weighted by Gasteiger charge is 2.17. The Balaban J connectivity index is 1.99. The quantitative estimate of drug-likeness (QED) is 0.851. The summed E-state index contributed by atoms with van der Waals surface area (Å²) in [5.74, 6) is 0.160. The van der Waals surface area contributed by atoms with E-state index in [1.807, 2.05) is 18.2 Å². The molecular weight excluding hydrogens is 326 g/mol. The molecule has 1 aromatic rings. The van der Waals surface area contributed by atoms with Crippen molar-refractivity contribution in [2.75, 3.05) is 20.3 Å². The molecule has 0 saturated heterocycles. The van der Waals surface area contributed by atoms with Gasteiger partial charge in [-0.2, -0.15) is 0 Å². The lowest BCUT2D eigenvalue weighted by atomic mass is 10.1. The second-order valence-electron chi connectivity index (χ2n) is 4.22. The number of methoxy groups -OCH3 is 1. The third kappa shape index (κ3) is 3.60. The number of benzene rings is 1. The summed E-state index contributed by atoms with van der Waals surface area (Å²) in [7, 11) is 1.32. The van der Waals surface area contributed by atoms with E-state index < -0.39 is 0 Å². The van der Waals surface area contributed by atoms with Crippen LogP contribution in [0.3, 0.4) is 0 Å². The van der Waals surface area contributed by atoms with Gasteiger partial charge in [0.1, 0.15) is 12.4 Å². The van der Waals surface area contributed by atoms with Crippen LogP contribution in [0.5, 0.6) is 5.75 Å². The topological polar surface area (TPSA) is 64.6 Å². The van der Waals surface area contributed by atoms with Crippen LogP contribution in [-0.4, -0.2) is 32.1 Å². The first-order valence-electron chi connectivity index (χ1n) is 6.08. The van der Waals surface area contributed by atoms with Crippen LogP contribution in [0, 0.1) is 0 Å². The number of amides is 1. The Labute approximate surface area is 125 Å². The first-order valence-corrected chi connectivity index (χ1v) is 6.87. The van der Waals surface area contributed by atoms with Crippen molar-refractivity contribution in [3.63, 3.8) is 0 Å². The van der Waals surface area contributed by atoms with Gasteiger partial charge in [0.25, 0.3) is 5.91 Å². The Kier molecular flexibility index (Phi) is 4.79. The number of rotatable bonds is 4. The van der Waals surface area contributed by atoms with Crippen molar-refractivity contribution >= 4 is 33.9 Å². The van der Waals surface area contributed by atoms with Gasteiger partial charge in [-0.25, -0.2) is 0 Å². The highest BCUT2D eigenvalue weighted by Crippen LogP contribution is 2.29. The summed E-state index contributed by atoms with van der Waals surface area (Å²) < 4.78 is 10.9. The number of esters is 1. The zero-order chi connectivity index (χ0) is 14.5. The molecule has 0 unspecified atom stereocenters. The van der Waals surface area contributed by atoms with Crippen molar-refractivity contribution in [3.8, 4) is 5.75 Å². The monoisotopic (exact) mass is 339 g/mol. The molecule has 1 aliphatic rings. The summed E-state index contributed by atoms with van der Waals surface area (Å²) in [5, 5.41) is 2.66. The van der Waals surface area contributed by atoms with E-state index in [1.54, 1.807) is 6.08 Å². The van der Waals surface area contributed by atoms with Crippen LogP contribution in [0.15, 0.2) is 28.2 Å². The largest absolute Gasteiger partial charge is 0.488 e. The molecule has 1 aliphatic heterocycles. The Morgan fingerprint density at radius 1 is 1.45 bits per heavy atom. The number of hydrogen-bond donors (Lipinski definition) is 1. The highest BCUT2D eigenvalue weighted by atomic mass is 79.9. The molecule has 0 atom stereocenters. The minimum absolute atomic E-state index is 0.151. The maximum atomic E-state index is 11.9. The zero-order valence-electron chi connectivity index (χ0n) is 10.9. The Morgan fingerprint density at radius 2 is 2.25 bits per heavy atom. The summed E-state index contributed by atoms with van der Waals surface area (Å²) in [5.41, 5.74) is 1.38. The molecular formula is C14H14BrNO4. The molecule has 0 saturated carbocycles. The molecule has 0 spiro atoms. The standard InChI is InChI=1S/C14H14BrNO4/c1-19-13(17)4-5-16-14(18)10-6-9-7-11(15)2-3-12(9)20-8-10/h2-3,6-7H,4-5,8H2,1H3,(H,16,18). The molecule has 0 aliphatic carbocycles. The van der Waals surface area contributed by atoms with E-state index in [0.717, 1.165) is 15.8 Å². The number of halogens is 1. The van der Waals surface area contributed by atoms with E-state index in [0.29, 0.717) is 5.57 Å². The molecule has 0 aromatic heterocycles. The molecule has 2 rings (SSSR count). The summed E-state index contributed by atoms with van der Waals surface area (Å²) in [6.07, 6.45) is 1.94. The van der Waals surface area contributed by atoms with Crippen molar-refractivity contribution in [2.45, 2.75) is 6.42 Å². The van der Waals surface area contributed by atoms with Gasteiger partial charge in [0.2, 0.25) is 0 Å². The molecule has 1 amide bonds. The highest BCUT2D eigenvalue weighted by molar-refractivity contribution is 9.10. The fraction of sp³-hybridized carbons (Fsp3) is 0.286. The van der Waals surface area contributed by atoms with Crippen LogP contribution in [0.2, 0.25) is 0 Å². The number of carbonyl (C=O) groups is 2. The SMILES string of the molecule is COC(=O)CCNC(=O)C1=Cc2cc(Br)ccc2OC1. The normalized spacial score (nSPS) is 12.8. The minimum Gasteiger partial charge on any atom is -0.488 e. The molecule has 5 nitrogen and oxygen atoms in total. The maximum Gasteiger partial charge on any atom is 0.307 e. The van der Waals surface area contributed by atoms with Gasteiger partial charge >= 0.3 is 5.97 Å². The molecule has 20 heavy (non-hydrogen) atoms. The van der Waals surface area contributed by atoms with Crippen LogP contribution in [0.4, 0.5) is 0 Å². The fourth-order valence-corrected chi connectivity index (χ4v) is 2.15. The van der Waals surface area contributed by atoms with E-state index in [-0.39, 0.29) is 31.4 Å². The zero-order valence-corrected chi connectivity index (χ0v) is 12.5. The summed E-state index contributed by atoms with van der Waals surface area (Å²) >= 11 is 3.38. The smallest absolute Gasteiger partial charge is 0.307 e. The van der Waals surface area contributed by atoms with Gasteiger partial charge in [-0.3, -0.25) is 9.59 Å². The van der Waals surface area contributed by atoms with E-state index in [9.17, 15) is 9.59 Å². The summed E-state index contributed by atoms with van der Waals surface area (Å²) in [6.45, 7) is 0.465. The number of fused-ring (bicyclic) bond motifs is 1. The van der Waals surface area contributed by atoms with Gasteiger partial charge in [-0.15, -0.1) is 0 Å². The van der Waals surface area contributed by atoms with Crippen LogP contribution in [0.25, 0.3) is 6.08 Å². The number of ether oxygens (including phenoxy) is 2. The van der Waals surface area contributed by atoms with Gasteiger partial charge in [0, 0.05) is 16.6 Å². The van der Waals surface area contributed by atoms with Crippen LogP contribution < -0.4 is 10.1 Å². The molecule has 0 fully saturated rings. The Bertz CT molecular complexity index is 568. The van der Waals surface area contributed by atoms with Gasteiger partial charge in [-0.1, -0.05) is 15.9 Å². The Hall–Kier alpha value is -1.82. The summed E-state index contributed by atoms with van der Waals surface area (Å²) in [6, 6.07) is 5.62. The Morgan fingerprint density at radius 3 is 3.00 bits per heavy atom. The van der Waals surface area contributed by atoms with E-state index in [4.69, 9.17) is 4.74 Å². The molecule has 0 bridgehead atoms. The lowest BCUT2D eigenvalue weighted by Gasteiger charge is -2.17. The number of nitrogens with one attached hydrogen (secondary N) is 1. The van der Waals surface area contributed by atoms with Crippen LogP contribution >= 0.6 is 15.9 Å². The minimum atomic E-state index is -0.353. The number of hydrogen-bond acceptors (Lipinski definition) is 4. The molecule has 6 heteroatoms. The second kappa shape index (κ2) is 6.56.